The number of ether oxygens (including phenoxy) is 1. The molecule has 6 N–H and O–H groups in total. The molecule has 4 rings (SSSR count). The summed E-state index contributed by atoms with van der Waals surface area (Å²) < 4.78 is 5.31. The van der Waals surface area contributed by atoms with Crippen molar-refractivity contribution in [1.29, 1.82) is 0 Å². The first kappa shape index (κ1) is 22.3. The van der Waals surface area contributed by atoms with Gasteiger partial charge in [0.1, 0.15) is 11.6 Å². The standard InChI is InChI=1S/C24H29N7O2/c1-14-11-12-17-16(13-14)21(27-18-8-4-5-9-19(18)28-23(25)26)30-24(29-17)31-22(32)15-7-3-6-10-20(15)33-2/h3,6-7,10-13,18-19H,4-5,8-9H2,1-2H3,(H4,25,26,28)(H2,27,29,30,31,32)/t18-,19+/m0/s1. The third kappa shape index (κ3) is 5.14. The van der Waals surface area contributed by atoms with Gasteiger partial charge in [0, 0.05) is 5.39 Å². The fourth-order valence-electron chi connectivity index (χ4n) is 4.21. The van der Waals surface area contributed by atoms with Crippen molar-refractivity contribution in [2.75, 3.05) is 17.7 Å². The largest absolute Gasteiger partial charge is 0.496 e. The Morgan fingerprint density at radius 2 is 1.91 bits per heavy atom. The lowest BCUT2D eigenvalue weighted by Crippen LogP contribution is -2.38. The third-order valence-electron chi connectivity index (χ3n) is 5.79. The summed E-state index contributed by atoms with van der Waals surface area (Å²) in [5.74, 6) is 1.07. The minimum absolute atomic E-state index is 0.0252. The summed E-state index contributed by atoms with van der Waals surface area (Å²) >= 11 is 0. The van der Waals surface area contributed by atoms with Crippen LogP contribution in [0.25, 0.3) is 10.9 Å². The highest BCUT2D eigenvalue weighted by molar-refractivity contribution is 6.06. The third-order valence-corrected chi connectivity index (χ3v) is 5.79. The molecule has 0 radical (unpaired) electrons. The average Bonchev–Trinajstić information content (AvgIpc) is 2.80. The average molecular weight is 448 g/mol. The van der Waals surface area contributed by atoms with Gasteiger partial charge in [-0.3, -0.25) is 10.1 Å². The summed E-state index contributed by atoms with van der Waals surface area (Å²) in [6.45, 7) is 2.02. The van der Waals surface area contributed by atoms with E-state index in [4.69, 9.17) is 16.2 Å². The fraction of sp³-hybridized carbons (Fsp3) is 0.333. The molecule has 0 spiro atoms. The minimum atomic E-state index is -0.346. The van der Waals surface area contributed by atoms with Crippen LogP contribution in [-0.2, 0) is 0 Å². The number of carbonyl (C=O) groups is 1. The van der Waals surface area contributed by atoms with E-state index in [1.807, 2.05) is 31.2 Å². The molecular weight excluding hydrogens is 418 g/mol. The first-order valence-electron chi connectivity index (χ1n) is 11.0. The molecule has 0 saturated heterocycles. The molecule has 1 heterocycles. The van der Waals surface area contributed by atoms with E-state index in [0.29, 0.717) is 17.1 Å². The lowest BCUT2D eigenvalue weighted by molar-refractivity contribution is 0.102. The molecule has 1 aliphatic carbocycles. The molecule has 2 aromatic carbocycles. The molecule has 1 aliphatic rings. The number of nitrogens with zero attached hydrogens (tertiary/aromatic N) is 3. The van der Waals surface area contributed by atoms with Crippen LogP contribution in [0.4, 0.5) is 11.8 Å². The molecule has 9 nitrogen and oxygen atoms in total. The van der Waals surface area contributed by atoms with Gasteiger partial charge in [-0.05, 0) is 44.0 Å². The number of methoxy groups -OCH3 is 1. The smallest absolute Gasteiger partial charge is 0.261 e. The number of aromatic nitrogens is 2. The number of benzene rings is 2. The van der Waals surface area contributed by atoms with E-state index < -0.39 is 0 Å². The number of amides is 1. The van der Waals surface area contributed by atoms with Crippen molar-refractivity contribution < 1.29 is 9.53 Å². The van der Waals surface area contributed by atoms with Gasteiger partial charge in [0.2, 0.25) is 5.95 Å². The molecule has 1 saturated carbocycles. The number of anilines is 2. The summed E-state index contributed by atoms with van der Waals surface area (Å²) in [5, 5.41) is 7.22. The number of carbonyl (C=O) groups excluding carboxylic acids is 1. The van der Waals surface area contributed by atoms with Gasteiger partial charge in [-0.15, -0.1) is 0 Å². The van der Waals surface area contributed by atoms with Crippen LogP contribution in [0.1, 0.15) is 41.6 Å². The second-order valence-corrected chi connectivity index (χ2v) is 8.23. The summed E-state index contributed by atoms with van der Waals surface area (Å²) in [5.41, 5.74) is 13.5. The van der Waals surface area contributed by atoms with Gasteiger partial charge in [0.05, 0.1) is 30.3 Å². The second-order valence-electron chi connectivity index (χ2n) is 8.23. The Hall–Kier alpha value is -3.88. The zero-order valence-corrected chi connectivity index (χ0v) is 18.8. The van der Waals surface area contributed by atoms with Crippen LogP contribution >= 0.6 is 0 Å². The predicted octanol–water partition coefficient (Wildman–Crippen LogP) is 3.20. The van der Waals surface area contributed by atoms with Crippen molar-refractivity contribution in [3.8, 4) is 5.75 Å². The van der Waals surface area contributed by atoms with Crippen molar-refractivity contribution in [3.63, 3.8) is 0 Å². The Morgan fingerprint density at radius 3 is 2.70 bits per heavy atom. The van der Waals surface area contributed by atoms with Crippen LogP contribution in [-0.4, -0.2) is 41.0 Å². The minimum Gasteiger partial charge on any atom is -0.496 e. The Labute approximate surface area is 192 Å². The molecule has 1 fully saturated rings. The summed E-state index contributed by atoms with van der Waals surface area (Å²) in [4.78, 5) is 26.6. The highest BCUT2D eigenvalue weighted by Crippen LogP contribution is 2.29. The van der Waals surface area contributed by atoms with Gasteiger partial charge in [0.15, 0.2) is 5.96 Å². The van der Waals surface area contributed by atoms with Crippen LogP contribution in [0.5, 0.6) is 5.75 Å². The number of nitrogens with two attached hydrogens (primary N) is 2. The van der Waals surface area contributed by atoms with Crippen molar-refractivity contribution in [2.24, 2.45) is 16.5 Å². The second kappa shape index (κ2) is 9.72. The number of aliphatic imine (C=N–C) groups is 1. The van der Waals surface area contributed by atoms with Crippen molar-refractivity contribution >= 4 is 34.5 Å². The van der Waals surface area contributed by atoms with Crippen LogP contribution < -0.4 is 26.8 Å². The molecule has 0 unspecified atom stereocenters. The van der Waals surface area contributed by atoms with E-state index in [1.165, 1.54) is 7.11 Å². The van der Waals surface area contributed by atoms with Gasteiger partial charge in [-0.2, -0.15) is 4.98 Å². The van der Waals surface area contributed by atoms with Gasteiger partial charge in [-0.1, -0.05) is 36.6 Å². The van der Waals surface area contributed by atoms with Crippen LogP contribution in [0.2, 0.25) is 0 Å². The van der Waals surface area contributed by atoms with Gasteiger partial charge in [-0.25, -0.2) is 9.98 Å². The zero-order valence-electron chi connectivity index (χ0n) is 18.8. The lowest BCUT2D eigenvalue weighted by Gasteiger charge is -2.30. The SMILES string of the molecule is COc1ccccc1C(=O)Nc1nc(N[C@H]2CCCC[C@H]2N=C(N)N)c2cc(C)ccc2n1. The summed E-state index contributed by atoms with van der Waals surface area (Å²) in [6.07, 6.45) is 3.97. The molecule has 9 heteroatoms. The molecule has 0 bridgehead atoms. The van der Waals surface area contributed by atoms with Crippen molar-refractivity contribution in [1.82, 2.24) is 9.97 Å². The maximum Gasteiger partial charge on any atom is 0.261 e. The van der Waals surface area contributed by atoms with Crippen molar-refractivity contribution in [3.05, 3.63) is 53.6 Å². The highest BCUT2D eigenvalue weighted by atomic mass is 16.5. The highest BCUT2D eigenvalue weighted by Gasteiger charge is 2.26. The quantitative estimate of drug-likeness (QED) is 0.336. The van der Waals surface area contributed by atoms with E-state index in [0.717, 1.165) is 42.1 Å². The topological polar surface area (TPSA) is 141 Å². The summed E-state index contributed by atoms with van der Waals surface area (Å²) in [7, 11) is 1.53. The zero-order chi connectivity index (χ0) is 23.4. The van der Waals surface area contributed by atoms with E-state index in [2.05, 4.69) is 25.6 Å². The number of guanidine groups is 1. The molecule has 3 aromatic rings. The van der Waals surface area contributed by atoms with E-state index in [-0.39, 0.29) is 29.9 Å². The first-order chi connectivity index (χ1) is 15.9. The Kier molecular flexibility index (Phi) is 6.58. The van der Waals surface area contributed by atoms with E-state index in [9.17, 15) is 4.79 Å². The van der Waals surface area contributed by atoms with Crippen LogP contribution in [0, 0.1) is 6.92 Å². The summed E-state index contributed by atoms with van der Waals surface area (Å²) in [6, 6.07) is 12.9. The maximum absolute atomic E-state index is 12.9. The van der Waals surface area contributed by atoms with Gasteiger partial charge in [0.25, 0.3) is 5.91 Å². The van der Waals surface area contributed by atoms with E-state index in [1.54, 1.807) is 18.2 Å². The molecule has 2 atom stereocenters. The molecular formula is C24H29N7O2. The molecule has 1 amide bonds. The Balaban J connectivity index is 1.69. The number of nitrogens with one attached hydrogen (secondary N) is 2. The maximum atomic E-state index is 12.9. The van der Waals surface area contributed by atoms with Crippen molar-refractivity contribution in [2.45, 2.75) is 44.7 Å². The van der Waals surface area contributed by atoms with Gasteiger partial charge >= 0.3 is 0 Å². The predicted molar refractivity (Wildman–Crippen MR) is 131 cm³/mol. The number of aryl methyl sites for hydroxylation is 1. The van der Waals surface area contributed by atoms with E-state index >= 15 is 0 Å². The number of fused-ring (bicyclic) bond motifs is 1. The first-order valence-corrected chi connectivity index (χ1v) is 11.0. The lowest BCUT2D eigenvalue weighted by atomic mass is 9.90. The number of para-hydroxylation sites is 1. The monoisotopic (exact) mass is 447 g/mol. The number of hydrogen-bond acceptors (Lipinski definition) is 6. The Morgan fingerprint density at radius 1 is 1.12 bits per heavy atom. The number of rotatable bonds is 6. The molecule has 1 aromatic heterocycles. The molecule has 0 aliphatic heterocycles. The molecule has 33 heavy (non-hydrogen) atoms. The normalized spacial score (nSPS) is 17.9. The Bertz CT molecular complexity index is 1190. The van der Waals surface area contributed by atoms with Crippen LogP contribution in [0.3, 0.4) is 0 Å². The molecule has 172 valence electrons. The van der Waals surface area contributed by atoms with Gasteiger partial charge < -0.3 is 21.5 Å². The fourth-order valence-corrected chi connectivity index (χ4v) is 4.21. The number of hydrogen-bond donors (Lipinski definition) is 4. The van der Waals surface area contributed by atoms with Crippen LogP contribution in [0.15, 0.2) is 47.5 Å².